The molecule has 0 unspecified atom stereocenters. The second-order valence-electron chi connectivity index (χ2n) is 5.68. The van der Waals surface area contributed by atoms with Gasteiger partial charge in [0.1, 0.15) is 16.4 Å². The Labute approximate surface area is 172 Å². The molecule has 2 N–H and O–H groups in total. The van der Waals surface area contributed by atoms with Crippen molar-refractivity contribution in [3.8, 4) is 0 Å². The van der Waals surface area contributed by atoms with E-state index in [9.17, 15) is 4.79 Å². The van der Waals surface area contributed by atoms with E-state index in [1.54, 1.807) is 48.3 Å². The van der Waals surface area contributed by atoms with E-state index in [1.165, 1.54) is 11.5 Å². The average Bonchev–Trinajstić information content (AvgIpc) is 2.96. The van der Waals surface area contributed by atoms with E-state index < -0.39 is 0 Å². The first kappa shape index (κ1) is 21.7. The summed E-state index contributed by atoms with van der Waals surface area (Å²) >= 11 is 13.6. The van der Waals surface area contributed by atoms with Crippen LogP contribution in [0.5, 0.6) is 0 Å². The fourth-order valence-electron chi connectivity index (χ4n) is 2.29. The number of amidine groups is 1. The van der Waals surface area contributed by atoms with Crippen molar-refractivity contribution in [1.82, 2.24) is 8.86 Å². The summed E-state index contributed by atoms with van der Waals surface area (Å²) in [5, 5.41) is 12.9. The number of nitrogens with zero attached hydrogens (tertiary/aromatic N) is 2. The van der Waals surface area contributed by atoms with Crippen molar-refractivity contribution in [3.63, 3.8) is 0 Å². The highest BCUT2D eigenvalue weighted by atomic mass is 35.5. The number of anilines is 2. The van der Waals surface area contributed by atoms with Crippen LogP contribution >= 0.6 is 34.7 Å². The number of aromatic nitrogens is 1. The van der Waals surface area contributed by atoms with Crippen molar-refractivity contribution in [3.05, 3.63) is 44.2 Å². The Morgan fingerprint density at radius 1 is 1.30 bits per heavy atom. The van der Waals surface area contributed by atoms with Crippen molar-refractivity contribution in [2.45, 2.75) is 6.54 Å². The molecule has 0 fully saturated rings. The lowest BCUT2D eigenvalue weighted by atomic mass is 10.2. The summed E-state index contributed by atoms with van der Waals surface area (Å²) < 4.78 is 11.7. The van der Waals surface area contributed by atoms with Crippen molar-refractivity contribution in [2.24, 2.45) is 0 Å². The first-order chi connectivity index (χ1) is 12.9. The van der Waals surface area contributed by atoms with Gasteiger partial charge >= 0.3 is 0 Å². The predicted molar refractivity (Wildman–Crippen MR) is 112 cm³/mol. The minimum Gasteiger partial charge on any atom is -0.383 e. The highest BCUT2D eigenvalue weighted by Gasteiger charge is 2.22. The van der Waals surface area contributed by atoms with Gasteiger partial charge in [-0.25, -0.2) is 0 Å². The van der Waals surface area contributed by atoms with Crippen LogP contribution in [-0.4, -0.2) is 55.7 Å². The quantitative estimate of drug-likeness (QED) is 0.468. The molecule has 27 heavy (non-hydrogen) atoms. The van der Waals surface area contributed by atoms with Gasteiger partial charge in [0.05, 0.1) is 35.5 Å². The van der Waals surface area contributed by atoms with E-state index in [1.807, 2.05) is 0 Å². The lowest BCUT2D eigenvalue weighted by molar-refractivity contribution is 0.182. The summed E-state index contributed by atoms with van der Waals surface area (Å²) in [7, 11) is 4.91. The Hall–Kier alpha value is -1.58. The van der Waals surface area contributed by atoms with E-state index in [0.29, 0.717) is 47.0 Å². The second-order valence-corrected chi connectivity index (χ2v) is 7.50. The second kappa shape index (κ2) is 10.1. The molecule has 7 nitrogen and oxygen atoms in total. The Kier molecular flexibility index (Phi) is 8.12. The molecule has 0 atom stereocenters. The SMILES string of the molecule is COCCN(C)C(=N)c1c(Nc2cccc(Cl)c2Cl)sn(CCOC)c1=O. The molecule has 0 saturated carbocycles. The van der Waals surface area contributed by atoms with Crippen LogP contribution in [0.2, 0.25) is 10.0 Å². The fraction of sp³-hybridized carbons (Fsp3) is 0.412. The van der Waals surface area contributed by atoms with Gasteiger partial charge in [0.15, 0.2) is 0 Å². The molecule has 148 valence electrons. The van der Waals surface area contributed by atoms with Crippen molar-refractivity contribution in [1.29, 1.82) is 5.41 Å². The Morgan fingerprint density at radius 2 is 2.00 bits per heavy atom. The van der Waals surface area contributed by atoms with Gasteiger partial charge in [-0.05, 0) is 23.7 Å². The van der Waals surface area contributed by atoms with Gasteiger partial charge < -0.3 is 19.7 Å². The van der Waals surface area contributed by atoms with Crippen molar-refractivity contribution < 1.29 is 9.47 Å². The van der Waals surface area contributed by atoms with E-state index in [-0.39, 0.29) is 17.0 Å². The Morgan fingerprint density at radius 3 is 2.67 bits per heavy atom. The highest BCUT2D eigenvalue weighted by Crippen LogP contribution is 2.34. The predicted octanol–water partition coefficient (Wildman–Crippen LogP) is 3.51. The van der Waals surface area contributed by atoms with Crippen LogP contribution in [-0.2, 0) is 16.0 Å². The molecule has 0 saturated heterocycles. The number of rotatable bonds is 9. The van der Waals surface area contributed by atoms with Crippen LogP contribution in [0, 0.1) is 5.41 Å². The van der Waals surface area contributed by atoms with Gasteiger partial charge in [-0.3, -0.25) is 14.2 Å². The van der Waals surface area contributed by atoms with Gasteiger partial charge in [-0.2, -0.15) is 0 Å². The topological polar surface area (TPSA) is 79.6 Å². The van der Waals surface area contributed by atoms with Crippen LogP contribution in [0.25, 0.3) is 0 Å². The summed E-state index contributed by atoms with van der Waals surface area (Å²) in [6.07, 6.45) is 0. The summed E-state index contributed by atoms with van der Waals surface area (Å²) in [4.78, 5) is 14.5. The first-order valence-corrected chi connectivity index (χ1v) is 9.66. The highest BCUT2D eigenvalue weighted by molar-refractivity contribution is 7.11. The monoisotopic (exact) mass is 432 g/mol. The molecule has 0 aliphatic heterocycles. The first-order valence-electron chi connectivity index (χ1n) is 8.13. The minimum atomic E-state index is -0.257. The smallest absolute Gasteiger partial charge is 0.273 e. The number of benzene rings is 1. The standard InChI is InChI=1S/C17H22Cl2N4O3S/c1-22(7-9-25-2)15(20)13-16(27-23(17(13)24)8-10-26-3)21-12-6-4-5-11(18)14(12)19/h4-6,20-21H,7-10H2,1-3H3. The lowest BCUT2D eigenvalue weighted by Gasteiger charge is -2.19. The molecular formula is C17H22Cl2N4O3S. The molecule has 0 aliphatic rings. The number of likely N-dealkylation sites (N-methyl/N-ethyl adjacent to an activating group) is 1. The lowest BCUT2D eigenvalue weighted by Crippen LogP contribution is -2.34. The van der Waals surface area contributed by atoms with Crippen LogP contribution in [0.4, 0.5) is 10.7 Å². The number of hydrogen-bond donors (Lipinski definition) is 2. The Balaban J connectivity index is 2.43. The molecule has 0 radical (unpaired) electrons. The summed E-state index contributed by atoms with van der Waals surface area (Å²) in [6.45, 7) is 1.72. The zero-order chi connectivity index (χ0) is 20.0. The van der Waals surface area contributed by atoms with Gasteiger partial charge in [-0.1, -0.05) is 29.3 Å². The number of nitrogens with one attached hydrogen (secondary N) is 2. The van der Waals surface area contributed by atoms with Gasteiger partial charge in [0.25, 0.3) is 5.56 Å². The zero-order valence-corrected chi connectivity index (χ0v) is 17.7. The molecule has 0 amide bonds. The Bertz CT molecular complexity index is 853. The zero-order valence-electron chi connectivity index (χ0n) is 15.3. The van der Waals surface area contributed by atoms with Gasteiger partial charge in [0.2, 0.25) is 0 Å². The van der Waals surface area contributed by atoms with E-state index >= 15 is 0 Å². The third kappa shape index (κ3) is 5.24. The molecule has 2 rings (SSSR count). The van der Waals surface area contributed by atoms with Crippen LogP contribution < -0.4 is 10.9 Å². The van der Waals surface area contributed by atoms with E-state index in [0.717, 1.165) is 0 Å². The molecule has 0 aliphatic carbocycles. The number of ether oxygens (including phenoxy) is 2. The maximum absolute atomic E-state index is 12.9. The molecule has 1 aromatic carbocycles. The van der Waals surface area contributed by atoms with Crippen LogP contribution in [0.3, 0.4) is 0 Å². The third-order valence-electron chi connectivity index (χ3n) is 3.82. The summed E-state index contributed by atoms with van der Waals surface area (Å²) in [5.41, 5.74) is 0.579. The molecule has 1 aromatic heterocycles. The minimum absolute atomic E-state index is 0.102. The fourth-order valence-corrected chi connectivity index (χ4v) is 3.63. The number of methoxy groups -OCH3 is 2. The maximum Gasteiger partial charge on any atom is 0.273 e. The normalized spacial score (nSPS) is 10.9. The van der Waals surface area contributed by atoms with Gasteiger partial charge in [0, 0.05) is 27.8 Å². The van der Waals surface area contributed by atoms with Crippen LogP contribution in [0.1, 0.15) is 5.56 Å². The van der Waals surface area contributed by atoms with E-state index in [2.05, 4.69) is 5.32 Å². The van der Waals surface area contributed by atoms with Crippen molar-refractivity contribution >= 4 is 51.3 Å². The molecule has 0 spiro atoms. The maximum atomic E-state index is 12.9. The molecular weight excluding hydrogens is 411 g/mol. The third-order valence-corrected chi connectivity index (χ3v) is 5.69. The van der Waals surface area contributed by atoms with Gasteiger partial charge in [-0.15, -0.1) is 0 Å². The average molecular weight is 433 g/mol. The number of halogens is 2. The molecule has 1 heterocycles. The van der Waals surface area contributed by atoms with Crippen LogP contribution in [0.15, 0.2) is 23.0 Å². The molecule has 0 bridgehead atoms. The van der Waals surface area contributed by atoms with Crippen molar-refractivity contribution in [2.75, 3.05) is 46.3 Å². The largest absolute Gasteiger partial charge is 0.383 e. The number of hydrogen-bond acceptors (Lipinski definition) is 6. The van der Waals surface area contributed by atoms with E-state index in [4.69, 9.17) is 38.1 Å². The molecule has 10 heteroatoms. The molecule has 2 aromatic rings. The summed E-state index contributed by atoms with van der Waals surface area (Å²) in [6, 6.07) is 5.21. The summed E-state index contributed by atoms with van der Waals surface area (Å²) in [5.74, 6) is 0.102.